The minimum absolute atomic E-state index is 0.0672. The number of rotatable bonds is 2. The van der Waals surface area contributed by atoms with E-state index in [1.54, 1.807) is 51.1 Å². The van der Waals surface area contributed by atoms with Crippen LogP contribution in [0.15, 0.2) is 50.6 Å². The van der Waals surface area contributed by atoms with Gasteiger partial charge in [-0.25, -0.2) is 14.2 Å². The van der Waals surface area contributed by atoms with Gasteiger partial charge in [0.2, 0.25) is 0 Å². The van der Waals surface area contributed by atoms with E-state index in [9.17, 15) is 14.4 Å². The van der Waals surface area contributed by atoms with Crippen LogP contribution in [0.4, 0.5) is 4.39 Å². The predicted molar refractivity (Wildman–Crippen MR) is 119 cm³/mol. The molecule has 4 rings (SSSR count). The van der Waals surface area contributed by atoms with Gasteiger partial charge in [0.25, 0.3) is 5.56 Å². The molecule has 2 aromatic carbocycles. The molecule has 0 spiro atoms. The smallest absolute Gasteiger partial charge is 0.326 e. The first-order chi connectivity index (χ1) is 14.6. The van der Waals surface area contributed by atoms with Crippen LogP contribution in [0.3, 0.4) is 0 Å². The summed E-state index contributed by atoms with van der Waals surface area (Å²) in [5, 5.41) is 1.25. The molecular formula is C22H17BrFN3O4. The molecule has 2 heterocycles. The first kappa shape index (κ1) is 20.9. The lowest BCUT2D eigenvalue weighted by Gasteiger charge is -2.18. The second-order valence-electron chi connectivity index (χ2n) is 8.05. The Balaban J connectivity index is 2.03. The molecule has 0 fully saturated rings. The molecule has 2 N–H and O–H groups in total. The molecular weight excluding hydrogens is 469 g/mol. The molecule has 158 valence electrons. The fourth-order valence-corrected chi connectivity index (χ4v) is 3.70. The Hall–Kier alpha value is -3.33. The van der Waals surface area contributed by atoms with Crippen molar-refractivity contribution < 1.29 is 13.9 Å². The highest BCUT2D eigenvalue weighted by Crippen LogP contribution is 2.36. The monoisotopic (exact) mass is 485 g/mol. The Morgan fingerprint density at radius 2 is 1.84 bits per heavy atom. The molecule has 0 radical (unpaired) electrons. The van der Waals surface area contributed by atoms with Crippen molar-refractivity contribution in [1.29, 1.82) is 0 Å². The fraction of sp³-hybridized carbons (Fsp3) is 0.182. The number of benzene rings is 2. The van der Waals surface area contributed by atoms with Gasteiger partial charge in [-0.15, -0.1) is 0 Å². The van der Waals surface area contributed by atoms with Crippen LogP contribution in [0.2, 0.25) is 0 Å². The van der Waals surface area contributed by atoms with Gasteiger partial charge in [-0.05, 0) is 59.6 Å². The number of hydrogen-bond donors (Lipinski definition) is 2. The lowest BCUT2D eigenvalue weighted by molar-refractivity contribution is -0.142. The third-order valence-electron chi connectivity index (χ3n) is 4.70. The standard InChI is InChI=1S/C22H17BrFN3O4/c1-22(2,3)20(29)31-11-8-10-6-4-5-7-12(10)13(9-11)16-15(24)17-14(18(23)25-16)19(28)27-21(30)26-17/h4-9H,1-3H3,(H2,26,27,28,30). The number of nitrogens with one attached hydrogen (secondary N) is 2. The van der Waals surface area contributed by atoms with Crippen LogP contribution in [0.1, 0.15) is 20.8 Å². The SMILES string of the molecule is CC(C)(C)C(=O)Oc1cc(-c2nc(Br)c3c(=O)[nH]c(=O)[nH]c3c2F)c2ccccc2c1. The zero-order valence-corrected chi connectivity index (χ0v) is 18.4. The van der Waals surface area contributed by atoms with Gasteiger partial charge in [-0.3, -0.25) is 14.6 Å². The summed E-state index contributed by atoms with van der Waals surface area (Å²) >= 11 is 3.20. The van der Waals surface area contributed by atoms with Crippen LogP contribution < -0.4 is 16.0 Å². The van der Waals surface area contributed by atoms with E-state index in [2.05, 4.69) is 30.9 Å². The molecule has 0 aliphatic carbocycles. The van der Waals surface area contributed by atoms with Crippen LogP contribution in [0, 0.1) is 11.2 Å². The van der Waals surface area contributed by atoms with Gasteiger partial charge in [-0.2, -0.15) is 0 Å². The van der Waals surface area contributed by atoms with Crippen molar-refractivity contribution in [2.24, 2.45) is 5.41 Å². The van der Waals surface area contributed by atoms with Crippen LogP contribution in [0.5, 0.6) is 5.75 Å². The van der Waals surface area contributed by atoms with Crippen LogP contribution in [-0.2, 0) is 4.79 Å². The predicted octanol–water partition coefficient (Wildman–Crippen LogP) is 4.28. The first-order valence-corrected chi connectivity index (χ1v) is 10.1. The molecule has 0 aliphatic heterocycles. The van der Waals surface area contributed by atoms with Crippen molar-refractivity contribution in [2.75, 3.05) is 0 Å². The molecule has 4 aromatic rings. The average Bonchev–Trinajstić information content (AvgIpc) is 2.68. The Kier molecular flexibility index (Phi) is 5.01. The number of hydrogen-bond acceptors (Lipinski definition) is 5. The number of carbonyl (C=O) groups excluding carboxylic acids is 1. The summed E-state index contributed by atoms with van der Waals surface area (Å²) in [6, 6.07) is 10.4. The van der Waals surface area contributed by atoms with E-state index in [0.29, 0.717) is 16.3 Å². The van der Waals surface area contributed by atoms with Crippen molar-refractivity contribution in [3.8, 4) is 17.0 Å². The number of ether oxygens (including phenoxy) is 1. The van der Waals surface area contributed by atoms with Gasteiger partial charge in [0.1, 0.15) is 16.0 Å². The van der Waals surface area contributed by atoms with E-state index in [-0.39, 0.29) is 26.9 Å². The number of esters is 1. The summed E-state index contributed by atoms with van der Waals surface area (Å²) in [6.07, 6.45) is 0. The number of carbonyl (C=O) groups is 1. The van der Waals surface area contributed by atoms with Crippen molar-refractivity contribution in [1.82, 2.24) is 15.0 Å². The van der Waals surface area contributed by atoms with Crippen molar-refractivity contribution in [2.45, 2.75) is 20.8 Å². The van der Waals surface area contributed by atoms with Gasteiger partial charge >= 0.3 is 11.7 Å². The molecule has 0 amide bonds. The van der Waals surface area contributed by atoms with E-state index >= 15 is 4.39 Å². The van der Waals surface area contributed by atoms with Gasteiger partial charge < -0.3 is 9.72 Å². The van der Waals surface area contributed by atoms with Gasteiger partial charge in [0.15, 0.2) is 5.82 Å². The van der Waals surface area contributed by atoms with Crippen molar-refractivity contribution in [3.05, 3.63) is 67.7 Å². The quantitative estimate of drug-likeness (QED) is 0.250. The Bertz CT molecular complexity index is 1480. The van der Waals surface area contributed by atoms with E-state index in [1.165, 1.54) is 6.07 Å². The summed E-state index contributed by atoms with van der Waals surface area (Å²) in [5.74, 6) is -1.09. The maximum Gasteiger partial charge on any atom is 0.326 e. The average molecular weight is 486 g/mol. The van der Waals surface area contributed by atoms with E-state index in [0.717, 1.165) is 0 Å². The van der Waals surface area contributed by atoms with Crippen molar-refractivity contribution >= 4 is 43.6 Å². The second-order valence-corrected chi connectivity index (χ2v) is 8.81. The number of pyridine rings is 1. The number of aromatic nitrogens is 3. The van der Waals surface area contributed by atoms with Gasteiger partial charge in [0, 0.05) is 5.56 Å². The zero-order valence-electron chi connectivity index (χ0n) is 16.8. The lowest BCUT2D eigenvalue weighted by Crippen LogP contribution is -2.25. The molecule has 0 atom stereocenters. The summed E-state index contributed by atoms with van der Waals surface area (Å²) in [4.78, 5) is 44.9. The number of H-pyrrole nitrogens is 2. The normalized spacial score (nSPS) is 11.8. The highest BCUT2D eigenvalue weighted by atomic mass is 79.9. The molecule has 7 nitrogen and oxygen atoms in total. The highest BCUT2D eigenvalue weighted by Gasteiger charge is 2.25. The molecule has 0 saturated carbocycles. The molecule has 31 heavy (non-hydrogen) atoms. The topological polar surface area (TPSA) is 105 Å². The lowest BCUT2D eigenvalue weighted by atomic mass is 9.97. The highest BCUT2D eigenvalue weighted by molar-refractivity contribution is 9.10. The fourth-order valence-electron chi connectivity index (χ4n) is 3.15. The summed E-state index contributed by atoms with van der Waals surface area (Å²) in [5.41, 5.74) is -2.37. The Morgan fingerprint density at radius 3 is 2.55 bits per heavy atom. The third-order valence-corrected chi connectivity index (χ3v) is 5.27. The maximum absolute atomic E-state index is 15.5. The van der Waals surface area contributed by atoms with Crippen LogP contribution in [0.25, 0.3) is 32.9 Å². The minimum Gasteiger partial charge on any atom is -0.426 e. The molecule has 0 saturated heterocycles. The van der Waals surface area contributed by atoms with Crippen LogP contribution >= 0.6 is 15.9 Å². The van der Waals surface area contributed by atoms with Crippen molar-refractivity contribution in [3.63, 3.8) is 0 Å². The summed E-state index contributed by atoms with van der Waals surface area (Å²) < 4.78 is 21.1. The number of fused-ring (bicyclic) bond motifs is 2. The number of halogens is 2. The molecule has 2 aromatic heterocycles. The molecule has 9 heteroatoms. The molecule has 0 aliphatic rings. The zero-order chi connectivity index (χ0) is 22.5. The number of aromatic amines is 2. The van der Waals surface area contributed by atoms with Crippen LogP contribution in [-0.4, -0.2) is 20.9 Å². The van der Waals surface area contributed by atoms with Gasteiger partial charge in [-0.1, -0.05) is 24.3 Å². The Labute approximate surface area is 183 Å². The number of nitrogens with zero attached hydrogens (tertiary/aromatic N) is 1. The first-order valence-electron chi connectivity index (χ1n) is 9.33. The summed E-state index contributed by atoms with van der Waals surface area (Å²) in [7, 11) is 0. The Morgan fingerprint density at radius 1 is 1.13 bits per heavy atom. The second kappa shape index (κ2) is 7.42. The van der Waals surface area contributed by atoms with E-state index in [4.69, 9.17) is 4.74 Å². The van der Waals surface area contributed by atoms with Gasteiger partial charge in [0.05, 0.1) is 16.3 Å². The van der Waals surface area contributed by atoms with E-state index in [1.807, 2.05) is 0 Å². The maximum atomic E-state index is 15.5. The molecule has 0 bridgehead atoms. The minimum atomic E-state index is -0.870. The third kappa shape index (κ3) is 3.76. The van der Waals surface area contributed by atoms with E-state index < -0.39 is 28.5 Å². The molecule has 0 unspecified atom stereocenters. The largest absolute Gasteiger partial charge is 0.426 e. The summed E-state index contributed by atoms with van der Waals surface area (Å²) in [6.45, 7) is 5.19.